The molecule has 1 aromatic rings. The first-order chi connectivity index (χ1) is 7.74. The molecule has 2 amide bonds. The molecular weight excluding hydrogens is 200 g/mol. The van der Waals surface area contributed by atoms with E-state index in [1.807, 2.05) is 18.2 Å². The van der Waals surface area contributed by atoms with E-state index in [9.17, 15) is 4.79 Å². The van der Waals surface area contributed by atoms with Crippen LogP contribution in [0.2, 0.25) is 0 Å². The van der Waals surface area contributed by atoms with Crippen LogP contribution in [-0.4, -0.2) is 31.1 Å². The summed E-state index contributed by atoms with van der Waals surface area (Å²) in [6.07, 6.45) is 2.54. The van der Waals surface area contributed by atoms with E-state index in [0.717, 1.165) is 6.42 Å². The van der Waals surface area contributed by atoms with Crippen molar-refractivity contribution >= 4 is 6.03 Å². The smallest absolute Gasteiger partial charge is 0.317 e. The highest BCUT2D eigenvalue weighted by atomic mass is 16.2. The van der Waals surface area contributed by atoms with E-state index in [4.69, 9.17) is 0 Å². The quantitative estimate of drug-likeness (QED) is 0.754. The van der Waals surface area contributed by atoms with Gasteiger partial charge in [-0.25, -0.2) is 4.79 Å². The van der Waals surface area contributed by atoms with E-state index in [0.29, 0.717) is 13.1 Å². The molecule has 0 aliphatic heterocycles. The minimum Gasteiger partial charge on any atom is -0.335 e. The minimum atomic E-state index is -0.0594. The maximum Gasteiger partial charge on any atom is 0.317 e. The van der Waals surface area contributed by atoms with Crippen LogP contribution in [-0.2, 0) is 6.42 Å². The van der Waals surface area contributed by atoms with Gasteiger partial charge in [0, 0.05) is 20.1 Å². The van der Waals surface area contributed by atoms with Crippen LogP contribution in [0, 0.1) is 0 Å². The lowest BCUT2D eigenvalue weighted by Gasteiger charge is -2.17. The fraction of sp³-hybridized carbons (Fsp3) is 0.308. The van der Waals surface area contributed by atoms with Gasteiger partial charge in [-0.3, -0.25) is 0 Å². The topological polar surface area (TPSA) is 32.3 Å². The number of nitrogens with zero attached hydrogens (tertiary/aromatic N) is 1. The third-order valence-corrected chi connectivity index (χ3v) is 2.32. The highest BCUT2D eigenvalue weighted by molar-refractivity contribution is 5.73. The molecule has 0 saturated heterocycles. The van der Waals surface area contributed by atoms with Crippen LogP contribution < -0.4 is 5.32 Å². The van der Waals surface area contributed by atoms with Crippen molar-refractivity contribution in [2.75, 3.05) is 20.1 Å². The van der Waals surface area contributed by atoms with Gasteiger partial charge in [-0.15, -0.1) is 6.58 Å². The summed E-state index contributed by atoms with van der Waals surface area (Å²) in [7, 11) is 1.79. The van der Waals surface area contributed by atoms with Gasteiger partial charge in [-0.2, -0.15) is 0 Å². The summed E-state index contributed by atoms with van der Waals surface area (Å²) in [6.45, 7) is 4.78. The van der Waals surface area contributed by atoms with Crippen LogP contribution in [0.1, 0.15) is 5.56 Å². The van der Waals surface area contributed by atoms with Crippen LogP contribution in [0.15, 0.2) is 43.0 Å². The Morgan fingerprint density at radius 1 is 1.44 bits per heavy atom. The maximum absolute atomic E-state index is 11.5. The molecule has 0 heterocycles. The van der Waals surface area contributed by atoms with Crippen LogP contribution in [0.25, 0.3) is 0 Å². The van der Waals surface area contributed by atoms with Crippen LogP contribution >= 0.6 is 0 Å². The first-order valence-corrected chi connectivity index (χ1v) is 5.38. The van der Waals surface area contributed by atoms with E-state index < -0.39 is 0 Å². The molecule has 0 unspecified atom stereocenters. The first kappa shape index (κ1) is 12.3. The molecular formula is C13H18N2O. The highest BCUT2D eigenvalue weighted by Gasteiger charge is 2.06. The summed E-state index contributed by atoms with van der Waals surface area (Å²) in [5, 5.41) is 2.74. The zero-order chi connectivity index (χ0) is 11.8. The maximum atomic E-state index is 11.5. The molecule has 1 N–H and O–H groups in total. The summed E-state index contributed by atoms with van der Waals surface area (Å²) in [5.74, 6) is 0. The van der Waals surface area contributed by atoms with Crippen molar-refractivity contribution in [3.63, 3.8) is 0 Å². The summed E-state index contributed by atoms with van der Waals surface area (Å²) >= 11 is 0. The molecule has 0 aliphatic carbocycles. The Morgan fingerprint density at radius 2 is 2.12 bits per heavy atom. The van der Waals surface area contributed by atoms with Crippen molar-refractivity contribution in [1.29, 1.82) is 0 Å². The number of hydrogen-bond acceptors (Lipinski definition) is 1. The monoisotopic (exact) mass is 218 g/mol. The second-order valence-electron chi connectivity index (χ2n) is 3.63. The van der Waals surface area contributed by atoms with Crippen LogP contribution in [0.5, 0.6) is 0 Å². The van der Waals surface area contributed by atoms with E-state index in [1.54, 1.807) is 18.0 Å². The number of likely N-dealkylation sites (N-methyl/N-ethyl adjacent to an activating group) is 1. The Hall–Kier alpha value is -1.77. The Kier molecular flexibility index (Phi) is 5.12. The number of nitrogens with one attached hydrogen (secondary N) is 1. The van der Waals surface area contributed by atoms with Crippen LogP contribution in [0.4, 0.5) is 4.79 Å². The Bertz CT molecular complexity index is 335. The van der Waals surface area contributed by atoms with Crippen LogP contribution in [0.3, 0.4) is 0 Å². The van der Waals surface area contributed by atoms with Gasteiger partial charge in [0.2, 0.25) is 0 Å². The second-order valence-corrected chi connectivity index (χ2v) is 3.63. The number of rotatable bonds is 5. The van der Waals surface area contributed by atoms with E-state index in [1.165, 1.54) is 5.56 Å². The molecule has 0 bridgehead atoms. The fourth-order valence-electron chi connectivity index (χ4n) is 1.34. The Morgan fingerprint density at radius 3 is 2.75 bits per heavy atom. The van der Waals surface area contributed by atoms with Gasteiger partial charge in [0.05, 0.1) is 0 Å². The molecule has 0 saturated carbocycles. The lowest BCUT2D eigenvalue weighted by atomic mass is 10.1. The molecule has 0 radical (unpaired) electrons. The van der Waals surface area contributed by atoms with Crippen molar-refractivity contribution in [2.45, 2.75) is 6.42 Å². The van der Waals surface area contributed by atoms with Crippen molar-refractivity contribution in [3.05, 3.63) is 48.6 Å². The molecule has 0 aliphatic rings. The lowest BCUT2D eigenvalue weighted by Crippen LogP contribution is -2.38. The van der Waals surface area contributed by atoms with Crippen molar-refractivity contribution in [1.82, 2.24) is 10.2 Å². The lowest BCUT2D eigenvalue weighted by molar-refractivity contribution is 0.210. The normalized spacial score (nSPS) is 9.56. The third-order valence-electron chi connectivity index (χ3n) is 2.32. The zero-order valence-electron chi connectivity index (χ0n) is 9.65. The van der Waals surface area contributed by atoms with E-state index in [-0.39, 0.29) is 6.03 Å². The number of carbonyl (C=O) groups is 1. The largest absolute Gasteiger partial charge is 0.335 e. The number of carbonyl (C=O) groups excluding carboxylic acids is 1. The van der Waals surface area contributed by atoms with Crippen molar-refractivity contribution in [2.24, 2.45) is 0 Å². The summed E-state index contributed by atoms with van der Waals surface area (Å²) in [5.41, 5.74) is 1.24. The second kappa shape index (κ2) is 6.67. The summed E-state index contributed by atoms with van der Waals surface area (Å²) < 4.78 is 0. The van der Waals surface area contributed by atoms with Gasteiger partial charge in [0.15, 0.2) is 0 Å². The average Bonchev–Trinajstić information content (AvgIpc) is 2.34. The van der Waals surface area contributed by atoms with Gasteiger partial charge >= 0.3 is 6.03 Å². The summed E-state index contributed by atoms with van der Waals surface area (Å²) in [6, 6.07) is 10.1. The Balaban J connectivity index is 2.32. The SMILES string of the molecule is C=CCNC(=O)N(C)CCc1ccccc1. The molecule has 0 atom stereocenters. The predicted molar refractivity (Wildman–Crippen MR) is 66.4 cm³/mol. The third kappa shape index (κ3) is 4.17. The predicted octanol–water partition coefficient (Wildman–Crippen LogP) is 2.06. The number of benzene rings is 1. The van der Waals surface area contributed by atoms with E-state index >= 15 is 0 Å². The molecule has 0 fully saturated rings. The minimum absolute atomic E-state index is 0.0594. The fourth-order valence-corrected chi connectivity index (χ4v) is 1.34. The van der Waals surface area contributed by atoms with E-state index in [2.05, 4.69) is 24.0 Å². The molecule has 1 rings (SSSR count). The molecule has 3 heteroatoms. The molecule has 16 heavy (non-hydrogen) atoms. The zero-order valence-corrected chi connectivity index (χ0v) is 9.65. The van der Waals surface area contributed by atoms with Gasteiger partial charge in [-0.1, -0.05) is 36.4 Å². The number of hydrogen-bond donors (Lipinski definition) is 1. The highest BCUT2D eigenvalue weighted by Crippen LogP contribution is 2.00. The van der Waals surface area contributed by atoms with Gasteiger partial charge in [0.25, 0.3) is 0 Å². The summed E-state index contributed by atoms with van der Waals surface area (Å²) in [4.78, 5) is 13.2. The first-order valence-electron chi connectivity index (χ1n) is 5.38. The van der Waals surface area contributed by atoms with Crippen molar-refractivity contribution < 1.29 is 4.79 Å². The molecule has 0 spiro atoms. The molecule has 0 aromatic heterocycles. The molecule has 1 aromatic carbocycles. The van der Waals surface area contributed by atoms with Gasteiger partial charge in [-0.05, 0) is 12.0 Å². The average molecular weight is 218 g/mol. The standard InChI is InChI=1S/C13H18N2O/c1-3-10-14-13(16)15(2)11-9-12-7-5-4-6-8-12/h3-8H,1,9-11H2,2H3,(H,14,16). The Labute approximate surface area is 96.8 Å². The molecule has 3 nitrogen and oxygen atoms in total. The van der Waals surface area contributed by atoms with Crippen molar-refractivity contribution in [3.8, 4) is 0 Å². The number of amides is 2. The van der Waals surface area contributed by atoms with Gasteiger partial charge in [0.1, 0.15) is 0 Å². The molecule has 86 valence electrons. The van der Waals surface area contributed by atoms with Gasteiger partial charge < -0.3 is 10.2 Å². The number of urea groups is 1.